The lowest BCUT2D eigenvalue weighted by Crippen LogP contribution is -2.10. The number of hydrogen-bond donors (Lipinski definition) is 0. The number of hydrogen-bond acceptors (Lipinski definition) is 4. The van der Waals surface area contributed by atoms with Gasteiger partial charge in [0, 0.05) is 0 Å². The van der Waals surface area contributed by atoms with Crippen LogP contribution in [0.25, 0.3) is 0 Å². The van der Waals surface area contributed by atoms with Crippen molar-refractivity contribution in [3.63, 3.8) is 0 Å². The van der Waals surface area contributed by atoms with Gasteiger partial charge in [0.1, 0.15) is 17.1 Å². The first-order valence-electron chi connectivity index (χ1n) is 9.20. The Bertz CT molecular complexity index is 692. The number of carbonyl (C=O) groups excluding carboxylic acids is 1. The van der Waals surface area contributed by atoms with E-state index in [4.69, 9.17) is 14.2 Å². The number of carbonyl (C=O) groups is 1. The van der Waals surface area contributed by atoms with Crippen LogP contribution in [0.15, 0.2) is 42.5 Å². The maximum Gasteiger partial charge on any atom is 0.341 e. The fourth-order valence-electron chi connectivity index (χ4n) is 2.41. The SMILES string of the molecule is CCCOC(=O)c1cc(C)ccc1OCCCCOc1ccc(C)cc1. The molecule has 2 aromatic carbocycles. The minimum Gasteiger partial charge on any atom is -0.494 e. The number of unbranched alkanes of at least 4 members (excludes halogenated alkanes) is 1. The predicted octanol–water partition coefficient (Wildman–Crippen LogP) is 5.11. The molecule has 2 aromatic rings. The molecule has 0 saturated carbocycles. The van der Waals surface area contributed by atoms with Gasteiger partial charge in [0.15, 0.2) is 0 Å². The van der Waals surface area contributed by atoms with Crippen molar-refractivity contribution in [1.29, 1.82) is 0 Å². The van der Waals surface area contributed by atoms with Crippen LogP contribution in [0.4, 0.5) is 0 Å². The van der Waals surface area contributed by atoms with Crippen molar-refractivity contribution in [1.82, 2.24) is 0 Å². The van der Waals surface area contributed by atoms with Gasteiger partial charge in [-0.05, 0) is 57.4 Å². The molecule has 140 valence electrons. The van der Waals surface area contributed by atoms with Crippen LogP contribution in [0.1, 0.15) is 47.7 Å². The van der Waals surface area contributed by atoms with E-state index in [1.165, 1.54) is 5.56 Å². The van der Waals surface area contributed by atoms with Crippen LogP contribution in [0.3, 0.4) is 0 Å². The van der Waals surface area contributed by atoms with Crippen LogP contribution in [0.2, 0.25) is 0 Å². The molecule has 0 unspecified atom stereocenters. The second-order valence-corrected chi connectivity index (χ2v) is 6.35. The molecule has 0 radical (unpaired) electrons. The Morgan fingerprint density at radius 2 is 1.50 bits per heavy atom. The summed E-state index contributed by atoms with van der Waals surface area (Å²) >= 11 is 0. The fourth-order valence-corrected chi connectivity index (χ4v) is 2.41. The zero-order valence-corrected chi connectivity index (χ0v) is 15.9. The van der Waals surface area contributed by atoms with Crippen LogP contribution < -0.4 is 9.47 Å². The highest BCUT2D eigenvalue weighted by molar-refractivity contribution is 5.92. The Morgan fingerprint density at radius 1 is 0.846 bits per heavy atom. The van der Waals surface area contributed by atoms with Crippen LogP contribution >= 0.6 is 0 Å². The van der Waals surface area contributed by atoms with E-state index in [1.54, 1.807) is 0 Å². The molecular weight excluding hydrogens is 328 g/mol. The molecule has 0 spiro atoms. The van der Waals surface area contributed by atoms with Crippen molar-refractivity contribution in [2.24, 2.45) is 0 Å². The van der Waals surface area contributed by atoms with E-state index >= 15 is 0 Å². The molecule has 0 aromatic heterocycles. The first-order valence-corrected chi connectivity index (χ1v) is 9.20. The molecule has 4 nitrogen and oxygen atoms in total. The lowest BCUT2D eigenvalue weighted by molar-refractivity contribution is 0.0500. The summed E-state index contributed by atoms with van der Waals surface area (Å²) in [5, 5.41) is 0. The monoisotopic (exact) mass is 356 g/mol. The summed E-state index contributed by atoms with van der Waals surface area (Å²) in [5.41, 5.74) is 2.72. The van der Waals surface area contributed by atoms with E-state index in [-0.39, 0.29) is 5.97 Å². The quantitative estimate of drug-likeness (QED) is 0.438. The summed E-state index contributed by atoms with van der Waals surface area (Å²) in [6.45, 7) is 7.57. The minimum absolute atomic E-state index is 0.326. The second-order valence-electron chi connectivity index (χ2n) is 6.35. The smallest absolute Gasteiger partial charge is 0.341 e. The van der Waals surface area contributed by atoms with Crippen molar-refractivity contribution in [3.05, 3.63) is 59.2 Å². The molecule has 26 heavy (non-hydrogen) atoms. The molecule has 0 N–H and O–H groups in total. The lowest BCUT2D eigenvalue weighted by atomic mass is 10.1. The Kier molecular flexibility index (Phi) is 8.00. The molecule has 0 amide bonds. The summed E-state index contributed by atoms with van der Waals surface area (Å²) in [6, 6.07) is 13.6. The van der Waals surface area contributed by atoms with E-state index in [2.05, 4.69) is 6.92 Å². The number of aryl methyl sites for hydroxylation is 2. The molecule has 0 fully saturated rings. The first-order chi connectivity index (χ1) is 12.6. The van der Waals surface area contributed by atoms with Gasteiger partial charge < -0.3 is 14.2 Å². The molecule has 0 saturated heterocycles. The highest BCUT2D eigenvalue weighted by atomic mass is 16.5. The number of benzene rings is 2. The lowest BCUT2D eigenvalue weighted by Gasteiger charge is -2.12. The molecule has 0 aliphatic heterocycles. The molecule has 0 atom stereocenters. The zero-order chi connectivity index (χ0) is 18.8. The van der Waals surface area contributed by atoms with Gasteiger partial charge in [-0.1, -0.05) is 36.2 Å². The van der Waals surface area contributed by atoms with Gasteiger partial charge in [0.2, 0.25) is 0 Å². The van der Waals surface area contributed by atoms with Gasteiger partial charge >= 0.3 is 5.97 Å². The third-order valence-corrected chi connectivity index (χ3v) is 3.88. The van der Waals surface area contributed by atoms with Gasteiger partial charge in [-0.3, -0.25) is 0 Å². The Balaban J connectivity index is 1.76. The Labute approximate surface area is 156 Å². The van der Waals surface area contributed by atoms with Crippen LogP contribution in [-0.4, -0.2) is 25.8 Å². The van der Waals surface area contributed by atoms with Crippen LogP contribution in [0.5, 0.6) is 11.5 Å². The van der Waals surface area contributed by atoms with E-state index < -0.39 is 0 Å². The molecule has 0 heterocycles. The van der Waals surface area contributed by atoms with Gasteiger partial charge in [-0.25, -0.2) is 4.79 Å². The maximum atomic E-state index is 12.2. The molecule has 0 aliphatic carbocycles. The third kappa shape index (κ3) is 6.43. The van der Waals surface area contributed by atoms with Gasteiger partial charge in [-0.2, -0.15) is 0 Å². The van der Waals surface area contributed by atoms with Crippen molar-refractivity contribution < 1.29 is 19.0 Å². The zero-order valence-electron chi connectivity index (χ0n) is 15.9. The van der Waals surface area contributed by atoms with Crippen molar-refractivity contribution in [2.75, 3.05) is 19.8 Å². The number of esters is 1. The van der Waals surface area contributed by atoms with Crippen LogP contribution in [-0.2, 0) is 4.74 Å². The summed E-state index contributed by atoms with van der Waals surface area (Å²) in [6.07, 6.45) is 2.53. The minimum atomic E-state index is -0.326. The average Bonchev–Trinajstić information content (AvgIpc) is 2.65. The second kappa shape index (κ2) is 10.5. The summed E-state index contributed by atoms with van der Waals surface area (Å²) in [7, 11) is 0. The molecular formula is C22H28O4. The van der Waals surface area contributed by atoms with Crippen molar-refractivity contribution >= 4 is 5.97 Å². The summed E-state index contributed by atoms with van der Waals surface area (Å²) in [5.74, 6) is 1.14. The van der Waals surface area contributed by atoms with Crippen molar-refractivity contribution in [2.45, 2.75) is 40.0 Å². The third-order valence-electron chi connectivity index (χ3n) is 3.88. The summed E-state index contributed by atoms with van der Waals surface area (Å²) in [4.78, 5) is 12.2. The Morgan fingerprint density at radius 3 is 2.19 bits per heavy atom. The summed E-state index contributed by atoms with van der Waals surface area (Å²) < 4.78 is 16.7. The maximum absolute atomic E-state index is 12.2. The topological polar surface area (TPSA) is 44.8 Å². The Hall–Kier alpha value is -2.49. The van der Waals surface area contributed by atoms with Crippen molar-refractivity contribution in [3.8, 4) is 11.5 Å². The van der Waals surface area contributed by atoms with E-state index in [0.717, 1.165) is 30.6 Å². The first kappa shape index (κ1) is 19.8. The highest BCUT2D eigenvalue weighted by Gasteiger charge is 2.14. The standard InChI is InChI=1S/C22H28O4/c1-4-13-26-22(23)20-16-18(3)9-12-21(20)25-15-6-5-14-24-19-10-7-17(2)8-11-19/h7-12,16H,4-6,13-15H2,1-3H3. The predicted molar refractivity (Wildman–Crippen MR) is 103 cm³/mol. The van der Waals surface area contributed by atoms with E-state index in [9.17, 15) is 4.79 Å². The highest BCUT2D eigenvalue weighted by Crippen LogP contribution is 2.21. The van der Waals surface area contributed by atoms with Gasteiger partial charge in [0.05, 0.1) is 19.8 Å². The number of rotatable bonds is 10. The van der Waals surface area contributed by atoms with E-state index in [1.807, 2.05) is 56.3 Å². The largest absolute Gasteiger partial charge is 0.494 e. The number of ether oxygens (including phenoxy) is 3. The molecule has 0 aliphatic rings. The van der Waals surface area contributed by atoms with Gasteiger partial charge in [0.25, 0.3) is 0 Å². The molecule has 2 rings (SSSR count). The molecule has 0 bridgehead atoms. The normalized spacial score (nSPS) is 10.4. The average molecular weight is 356 g/mol. The fraction of sp³-hybridized carbons (Fsp3) is 0.409. The van der Waals surface area contributed by atoms with Crippen LogP contribution in [0, 0.1) is 13.8 Å². The molecule has 4 heteroatoms. The van der Waals surface area contributed by atoms with Gasteiger partial charge in [-0.15, -0.1) is 0 Å². The van der Waals surface area contributed by atoms with E-state index in [0.29, 0.717) is 31.1 Å².